The zero-order valence-electron chi connectivity index (χ0n) is 11.8. The van der Waals surface area contributed by atoms with Gasteiger partial charge >= 0.3 is 7.60 Å². The average Bonchev–Trinajstić information content (AvgIpc) is 2.46. The van der Waals surface area contributed by atoms with E-state index in [9.17, 15) is 9.36 Å². The van der Waals surface area contributed by atoms with Crippen molar-refractivity contribution >= 4 is 13.4 Å². The minimum atomic E-state index is -3.34. The molecule has 0 unspecified atom stereocenters. The Balaban J connectivity index is 2.59. The molecule has 0 bridgehead atoms. The molecule has 7 heteroatoms. The molecule has 0 saturated heterocycles. The van der Waals surface area contributed by atoms with Crippen LogP contribution in [0.25, 0.3) is 0 Å². The van der Waals surface area contributed by atoms with Crippen LogP contribution in [0.1, 0.15) is 6.92 Å². The topological polar surface area (TPSA) is 71.1 Å². The first-order valence-electron chi connectivity index (χ1n) is 6.11. The van der Waals surface area contributed by atoms with Crippen molar-refractivity contribution in [2.24, 2.45) is 0 Å². The lowest BCUT2D eigenvalue weighted by Crippen LogP contribution is -2.17. The van der Waals surface area contributed by atoms with Gasteiger partial charge in [0.2, 0.25) is 0 Å². The number of carbonyl (C=O) groups is 1. The summed E-state index contributed by atoms with van der Waals surface area (Å²) in [6, 6.07) is 7.03. The van der Waals surface area contributed by atoms with E-state index < -0.39 is 7.60 Å². The lowest BCUT2D eigenvalue weighted by atomic mass is 10.3. The van der Waals surface area contributed by atoms with Crippen molar-refractivity contribution in [3.63, 3.8) is 0 Å². The Labute approximate surface area is 118 Å². The number of ketones is 1. The van der Waals surface area contributed by atoms with Crippen LogP contribution in [0.2, 0.25) is 0 Å². The zero-order valence-corrected chi connectivity index (χ0v) is 12.7. The Bertz CT molecular complexity index is 480. The van der Waals surface area contributed by atoms with E-state index in [2.05, 4.69) is 0 Å². The molecule has 0 aromatic heterocycles. The highest BCUT2D eigenvalue weighted by Crippen LogP contribution is 2.45. The Hall–Kier alpha value is -1.36. The van der Waals surface area contributed by atoms with Gasteiger partial charge in [0, 0.05) is 14.2 Å². The largest absolute Gasteiger partial charge is 0.490 e. The highest BCUT2D eigenvalue weighted by Gasteiger charge is 2.25. The third kappa shape index (κ3) is 4.96. The van der Waals surface area contributed by atoms with Gasteiger partial charge in [-0.2, -0.15) is 0 Å². The van der Waals surface area contributed by atoms with Crippen LogP contribution in [0.4, 0.5) is 0 Å². The molecule has 0 N–H and O–H groups in total. The summed E-state index contributed by atoms with van der Waals surface area (Å²) in [6.45, 7) is 2.13. The van der Waals surface area contributed by atoms with Crippen molar-refractivity contribution in [3.05, 3.63) is 24.3 Å². The van der Waals surface area contributed by atoms with Crippen LogP contribution in [0.15, 0.2) is 24.3 Å². The van der Waals surface area contributed by atoms with Gasteiger partial charge in [-0.15, -0.1) is 0 Å². The van der Waals surface area contributed by atoms with E-state index in [1.54, 1.807) is 18.2 Å². The molecule has 0 aliphatic carbocycles. The van der Waals surface area contributed by atoms with E-state index in [1.807, 2.05) is 13.0 Å². The normalized spacial score (nSPS) is 11.2. The maximum Gasteiger partial charge on any atom is 0.337 e. The van der Waals surface area contributed by atoms with Crippen LogP contribution in [-0.2, 0) is 18.4 Å². The number of carbonyl (C=O) groups excluding carboxylic acids is 1. The summed E-state index contributed by atoms with van der Waals surface area (Å²) in [6.07, 6.45) is -0.323. The van der Waals surface area contributed by atoms with Crippen molar-refractivity contribution in [1.29, 1.82) is 0 Å². The van der Waals surface area contributed by atoms with Gasteiger partial charge in [0.15, 0.2) is 17.3 Å². The van der Waals surface area contributed by atoms with Gasteiger partial charge < -0.3 is 18.5 Å². The van der Waals surface area contributed by atoms with Gasteiger partial charge in [0.1, 0.15) is 12.8 Å². The molecular weight excluding hydrogens is 283 g/mol. The molecule has 20 heavy (non-hydrogen) atoms. The molecule has 0 heterocycles. The Morgan fingerprint density at radius 1 is 1.10 bits per heavy atom. The van der Waals surface area contributed by atoms with Crippen molar-refractivity contribution in [2.75, 3.05) is 33.6 Å². The molecule has 0 aliphatic heterocycles. The second kappa shape index (κ2) is 8.04. The van der Waals surface area contributed by atoms with Gasteiger partial charge in [0.05, 0.1) is 6.61 Å². The van der Waals surface area contributed by atoms with Crippen molar-refractivity contribution in [3.8, 4) is 11.5 Å². The molecule has 1 rings (SSSR count). The molecule has 1 aromatic carbocycles. The Kier molecular flexibility index (Phi) is 6.71. The van der Waals surface area contributed by atoms with Gasteiger partial charge in [-0.25, -0.2) is 0 Å². The van der Waals surface area contributed by atoms with E-state index in [0.717, 1.165) is 0 Å². The summed E-state index contributed by atoms with van der Waals surface area (Å²) in [5.41, 5.74) is 0. The van der Waals surface area contributed by atoms with Gasteiger partial charge in [-0.3, -0.25) is 9.36 Å². The zero-order chi connectivity index (χ0) is 15.0. The molecule has 0 aliphatic rings. The minimum absolute atomic E-state index is 0.221. The fourth-order valence-corrected chi connectivity index (χ4v) is 2.40. The lowest BCUT2D eigenvalue weighted by Gasteiger charge is -2.14. The SMILES string of the molecule is CCOc1ccccc1OCC(=O)CP(=O)(OC)OC. The molecule has 0 amide bonds. The number of para-hydroxylation sites is 2. The Morgan fingerprint density at radius 2 is 1.65 bits per heavy atom. The summed E-state index contributed by atoms with van der Waals surface area (Å²) < 4.78 is 32.0. The highest BCUT2D eigenvalue weighted by atomic mass is 31.2. The first-order chi connectivity index (χ1) is 9.54. The lowest BCUT2D eigenvalue weighted by molar-refractivity contribution is -0.118. The predicted molar refractivity (Wildman–Crippen MR) is 74.6 cm³/mol. The van der Waals surface area contributed by atoms with Crippen LogP contribution in [0, 0.1) is 0 Å². The van der Waals surface area contributed by atoms with E-state index in [4.69, 9.17) is 18.5 Å². The quantitative estimate of drug-likeness (QED) is 0.653. The fraction of sp³-hybridized carbons (Fsp3) is 0.462. The van der Waals surface area contributed by atoms with E-state index in [0.29, 0.717) is 18.1 Å². The van der Waals surface area contributed by atoms with Gasteiger partial charge in [-0.1, -0.05) is 12.1 Å². The number of benzene rings is 1. The summed E-state index contributed by atoms with van der Waals surface area (Å²) in [5, 5.41) is 0. The van der Waals surface area contributed by atoms with E-state index >= 15 is 0 Å². The van der Waals surface area contributed by atoms with Crippen LogP contribution in [0.5, 0.6) is 11.5 Å². The molecule has 112 valence electrons. The number of ether oxygens (including phenoxy) is 2. The highest BCUT2D eigenvalue weighted by molar-refractivity contribution is 7.54. The minimum Gasteiger partial charge on any atom is -0.490 e. The van der Waals surface area contributed by atoms with Crippen LogP contribution in [0.3, 0.4) is 0 Å². The summed E-state index contributed by atoms with van der Waals surface area (Å²) in [4.78, 5) is 11.7. The molecule has 0 saturated carbocycles. The monoisotopic (exact) mass is 302 g/mol. The maximum absolute atomic E-state index is 11.8. The smallest absolute Gasteiger partial charge is 0.337 e. The maximum atomic E-state index is 11.8. The van der Waals surface area contributed by atoms with Crippen molar-refractivity contribution in [1.82, 2.24) is 0 Å². The van der Waals surface area contributed by atoms with Crippen molar-refractivity contribution in [2.45, 2.75) is 6.92 Å². The molecule has 0 radical (unpaired) electrons. The van der Waals surface area contributed by atoms with Crippen LogP contribution >= 0.6 is 7.60 Å². The molecule has 0 spiro atoms. The molecular formula is C13H19O6P. The number of Topliss-reactive ketones (excluding diaryl/α,β-unsaturated/α-hetero) is 1. The molecule has 0 atom stereocenters. The Morgan fingerprint density at radius 3 is 2.15 bits per heavy atom. The average molecular weight is 302 g/mol. The first-order valence-corrected chi connectivity index (χ1v) is 7.84. The van der Waals surface area contributed by atoms with Gasteiger partial charge in [-0.05, 0) is 19.1 Å². The predicted octanol–water partition coefficient (Wildman–Crippen LogP) is 2.52. The van der Waals surface area contributed by atoms with Gasteiger partial charge in [0.25, 0.3) is 0 Å². The standard InChI is InChI=1S/C13H19O6P/c1-4-18-12-7-5-6-8-13(12)19-9-11(14)10-20(15,16-2)17-3/h5-8H,4,9-10H2,1-3H3. The van der Waals surface area contributed by atoms with Crippen LogP contribution in [-0.4, -0.2) is 39.4 Å². The fourth-order valence-electron chi connectivity index (χ4n) is 1.47. The van der Waals surface area contributed by atoms with Crippen LogP contribution < -0.4 is 9.47 Å². The van der Waals surface area contributed by atoms with E-state index in [1.165, 1.54) is 14.2 Å². The second-order valence-electron chi connectivity index (χ2n) is 3.84. The summed E-state index contributed by atoms with van der Waals surface area (Å²) >= 11 is 0. The second-order valence-corrected chi connectivity index (χ2v) is 6.11. The first kappa shape index (κ1) is 16.7. The number of hydrogen-bond acceptors (Lipinski definition) is 6. The number of hydrogen-bond donors (Lipinski definition) is 0. The molecule has 6 nitrogen and oxygen atoms in total. The molecule has 0 fully saturated rings. The van der Waals surface area contributed by atoms with E-state index in [-0.39, 0.29) is 18.6 Å². The summed E-state index contributed by atoms with van der Waals surface area (Å²) in [7, 11) is -0.866. The molecule has 1 aromatic rings. The third-order valence-electron chi connectivity index (χ3n) is 2.46. The summed E-state index contributed by atoms with van der Waals surface area (Å²) in [5.74, 6) is 0.653. The number of rotatable bonds is 9. The third-order valence-corrected chi connectivity index (χ3v) is 4.32. The van der Waals surface area contributed by atoms with Crippen molar-refractivity contribution < 1.29 is 27.9 Å².